The molecule has 0 saturated carbocycles. The predicted molar refractivity (Wildman–Crippen MR) is 78.7 cm³/mol. The van der Waals surface area contributed by atoms with Gasteiger partial charge in [-0.3, -0.25) is 0 Å². The smallest absolute Gasteiger partial charge is 0.359 e. The molecule has 0 saturated heterocycles. The predicted octanol–water partition coefficient (Wildman–Crippen LogP) is 0.221. The van der Waals surface area contributed by atoms with Gasteiger partial charge in [0.1, 0.15) is 5.75 Å². The van der Waals surface area contributed by atoms with Crippen LogP contribution in [0.5, 0.6) is 5.75 Å². The maximum atomic E-state index is 9.75. The molecule has 0 fully saturated rings. The summed E-state index contributed by atoms with van der Waals surface area (Å²) in [5.41, 5.74) is 0. The number of benzene rings is 1. The van der Waals surface area contributed by atoms with Crippen LogP contribution in [0.1, 0.15) is 26.7 Å². The van der Waals surface area contributed by atoms with Crippen molar-refractivity contribution in [3.8, 4) is 5.75 Å². The Morgan fingerprint density at radius 2 is 1.59 bits per heavy atom. The Bertz CT molecular complexity index is 300. The van der Waals surface area contributed by atoms with Crippen LogP contribution in [0.25, 0.3) is 0 Å². The molecule has 1 N–H and O–H groups in total. The molecule has 0 aromatic heterocycles. The third-order valence-corrected chi connectivity index (χ3v) is 4.21. The Morgan fingerprint density at radius 3 is 2.06 bits per heavy atom. The van der Waals surface area contributed by atoms with Gasteiger partial charge in [-0.1, -0.05) is 32.0 Å². The van der Waals surface area contributed by atoms with Crippen LogP contribution in [0.15, 0.2) is 24.3 Å². The Kier molecular flexibility index (Phi) is 9.06. The van der Waals surface area contributed by atoms with Gasteiger partial charge in [-0.05, 0) is 29.9 Å². The van der Waals surface area contributed by atoms with Crippen LogP contribution in [0.4, 0.5) is 0 Å². The highest BCUT2D eigenvalue weighted by atomic mass is 28.3. The summed E-state index contributed by atoms with van der Waals surface area (Å²) >= 11 is 0. The molecule has 0 aliphatic rings. The third-order valence-electron chi connectivity index (χ3n) is 2.14. The number of rotatable bonds is 7. The van der Waals surface area contributed by atoms with E-state index in [9.17, 15) is 5.11 Å². The van der Waals surface area contributed by atoms with Gasteiger partial charge in [0, 0.05) is 18.4 Å². The average Bonchev–Trinajstić information content (AvgIpc) is 2.31. The van der Waals surface area contributed by atoms with Crippen LogP contribution in [-0.2, 0) is 8.85 Å². The van der Waals surface area contributed by atoms with E-state index < -0.39 is 9.28 Å². The number of phenolic OH excluding ortho intramolecular Hbond substituents is 1. The van der Waals surface area contributed by atoms with E-state index in [1.54, 1.807) is 6.07 Å². The molecular formula is C12H24O3Si2. The first kappa shape index (κ1) is 16.4. The molecule has 0 unspecified atom stereocenters. The van der Waals surface area contributed by atoms with E-state index in [4.69, 9.17) is 8.85 Å². The van der Waals surface area contributed by atoms with Crippen molar-refractivity contribution in [3.05, 3.63) is 24.3 Å². The Hall–Kier alpha value is -0.626. The summed E-state index contributed by atoms with van der Waals surface area (Å²) in [5.74, 6) is 0.284. The van der Waals surface area contributed by atoms with Crippen molar-refractivity contribution in [2.45, 2.75) is 26.7 Å². The molecule has 0 radical (unpaired) electrons. The number of hydrogen-bond donors (Lipinski definition) is 1. The molecule has 0 aliphatic heterocycles. The maximum absolute atomic E-state index is 9.75. The van der Waals surface area contributed by atoms with Crippen LogP contribution in [0.2, 0.25) is 0 Å². The first-order valence-electron chi connectivity index (χ1n) is 5.80. The van der Waals surface area contributed by atoms with Crippen molar-refractivity contribution in [3.63, 3.8) is 0 Å². The first-order chi connectivity index (χ1) is 7.79. The van der Waals surface area contributed by atoms with Gasteiger partial charge in [-0.25, -0.2) is 0 Å². The van der Waals surface area contributed by atoms with E-state index in [-0.39, 0.29) is 16.7 Å². The van der Waals surface area contributed by atoms with Gasteiger partial charge in [0.05, 0.1) is 0 Å². The quantitative estimate of drug-likeness (QED) is 0.722. The number of hydrogen-bond acceptors (Lipinski definition) is 3. The van der Waals surface area contributed by atoms with E-state index >= 15 is 0 Å². The molecule has 98 valence electrons. The number of aromatic hydroxyl groups is 1. The van der Waals surface area contributed by atoms with E-state index in [0.29, 0.717) is 13.2 Å². The lowest BCUT2D eigenvalue weighted by Gasteiger charge is -2.17. The Labute approximate surface area is 110 Å². The summed E-state index contributed by atoms with van der Waals surface area (Å²) in [5, 5.41) is 10.6. The minimum absolute atomic E-state index is 0. The second-order valence-corrected chi connectivity index (χ2v) is 5.58. The summed E-state index contributed by atoms with van der Waals surface area (Å²) in [4.78, 5) is 0. The molecule has 0 aliphatic carbocycles. The topological polar surface area (TPSA) is 38.7 Å². The molecule has 5 heteroatoms. The van der Waals surface area contributed by atoms with Crippen molar-refractivity contribution in [1.29, 1.82) is 0 Å². The van der Waals surface area contributed by atoms with Crippen molar-refractivity contribution < 1.29 is 14.0 Å². The van der Waals surface area contributed by atoms with E-state index in [0.717, 1.165) is 18.0 Å². The molecule has 17 heavy (non-hydrogen) atoms. The normalized spacial score (nSPS) is 10.3. The second kappa shape index (κ2) is 9.41. The molecule has 1 aromatic carbocycles. The Morgan fingerprint density at radius 1 is 1.06 bits per heavy atom. The lowest BCUT2D eigenvalue weighted by molar-refractivity contribution is 0.207. The second-order valence-electron chi connectivity index (χ2n) is 3.63. The SMILES string of the molecule is CCCO[SiH](OCCC)c1ccccc1O.[SiH4]. The first-order valence-corrected chi connectivity index (χ1v) is 7.32. The molecule has 1 rings (SSSR count). The average molecular weight is 272 g/mol. The summed E-state index contributed by atoms with van der Waals surface area (Å²) in [6, 6.07) is 7.28. The van der Waals surface area contributed by atoms with Gasteiger partial charge in [-0.2, -0.15) is 0 Å². The summed E-state index contributed by atoms with van der Waals surface area (Å²) in [6.07, 6.45) is 1.93. The maximum Gasteiger partial charge on any atom is 0.359 e. The molecule has 0 amide bonds. The lowest BCUT2D eigenvalue weighted by Crippen LogP contribution is -2.37. The van der Waals surface area contributed by atoms with Gasteiger partial charge in [0.15, 0.2) is 0 Å². The van der Waals surface area contributed by atoms with Crippen molar-refractivity contribution >= 4 is 25.4 Å². The molecule has 0 heterocycles. The lowest BCUT2D eigenvalue weighted by atomic mass is 10.3. The van der Waals surface area contributed by atoms with Crippen molar-refractivity contribution in [1.82, 2.24) is 0 Å². The van der Waals surface area contributed by atoms with E-state index in [1.165, 1.54) is 0 Å². The summed E-state index contributed by atoms with van der Waals surface area (Å²) in [6.45, 7) is 5.51. The standard InChI is InChI=1S/C12H20O3Si.H4Si/c1-3-9-14-16(15-10-4-2)12-8-6-5-7-11(12)13;/h5-8,13,16H,3-4,9-10H2,1-2H3;1H4. The molecule has 0 spiro atoms. The largest absolute Gasteiger partial charge is 0.508 e. The molecular weight excluding hydrogens is 248 g/mol. The van der Waals surface area contributed by atoms with Gasteiger partial charge in [-0.15, -0.1) is 0 Å². The highest BCUT2D eigenvalue weighted by Crippen LogP contribution is 2.07. The zero-order chi connectivity index (χ0) is 11.8. The van der Waals surface area contributed by atoms with Crippen LogP contribution < -0.4 is 5.19 Å². The van der Waals surface area contributed by atoms with E-state index in [1.807, 2.05) is 18.2 Å². The molecule has 3 nitrogen and oxygen atoms in total. The minimum atomic E-state index is -1.92. The summed E-state index contributed by atoms with van der Waals surface area (Å²) in [7, 11) is -1.92. The number of para-hydroxylation sites is 1. The summed E-state index contributed by atoms with van der Waals surface area (Å²) < 4.78 is 11.4. The van der Waals surface area contributed by atoms with Crippen molar-refractivity contribution in [2.75, 3.05) is 13.2 Å². The minimum Gasteiger partial charge on any atom is -0.508 e. The Balaban J connectivity index is 0.00000256. The van der Waals surface area contributed by atoms with E-state index in [2.05, 4.69) is 13.8 Å². The number of phenols is 1. The van der Waals surface area contributed by atoms with Gasteiger partial charge < -0.3 is 14.0 Å². The highest BCUT2D eigenvalue weighted by molar-refractivity contribution is 6.62. The zero-order valence-corrected chi connectivity index (χ0v) is 11.1. The van der Waals surface area contributed by atoms with Crippen molar-refractivity contribution in [2.24, 2.45) is 0 Å². The van der Waals surface area contributed by atoms with Crippen LogP contribution in [-0.4, -0.2) is 38.6 Å². The molecule has 0 atom stereocenters. The third kappa shape index (κ3) is 5.49. The monoisotopic (exact) mass is 272 g/mol. The molecule has 1 aromatic rings. The van der Waals surface area contributed by atoms with Gasteiger partial charge in [0.2, 0.25) is 0 Å². The fourth-order valence-corrected chi connectivity index (χ4v) is 3.33. The van der Waals surface area contributed by atoms with Crippen LogP contribution >= 0.6 is 0 Å². The molecule has 0 bridgehead atoms. The zero-order valence-electron chi connectivity index (χ0n) is 9.98. The fraction of sp³-hybridized carbons (Fsp3) is 0.500. The highest BCUT2D eigenvalue weighted by Gasteiger charge is 2.19. The van der Waals surface area contributed by atoms with Gasteiger partial charge in [0.25, 0.3) is 0 Å². The van der Waals surface area contributed by atoms with Crippen LogP contribution in [0.3, 0.4) is 0 Å². The fourth-order valence-electron chi connectivity index (χ4n) is 1.36. The van der Waals surface area contributed by atoms with Gasteiger partial charge >= 0.3 is 9.28 Å². The van der Waals surface area contributed by atoms with Crippen LogP contribution in [0, 0.1) is 0 Å².